The van der Waals surface area contributed by atoms with Crippen LogP contribution in [0.1, 0.15) is 22.3 Å². The van der Waals surface area contributed by atoms with Gasteiger partial charge in [0.1, 0.15) is 20.9 Å². The lowest BCUT2D eigenvalue weighted by atomic mass is 10.1. The van der Waals surface area contributed by atoms with Gasteiger partial charge in [0.2, 0.25) is 16.0 Å². The van der Waals surface area contributed by atoms with Crippen molar-refractivity contribution < 1.29 is 13.2 Å². The number of guanidine groups is 1. The summed E-state index contributed by atoms with van der Waals surface area (Å²) in [6, 6.07) is 8.54. The lowest BCUT2D eigenvalue weighted by Gasteiger charge is -2.34. The highest BCUT2D eigenvalue weighted by Crippen LogP contribution is 2.34. The van der Waals surface area contributed by atoms with Gasteiger partial charge in [0.15, 0.2) is 0 Å². The first kappa shape index (κ1) is 18.0. The molecule has 0 fully saturated rings. The van der Waals surface area contributed by atoms with Gasteiger partial charge in [0.25, 0.3) is 5.91 Å². The fraction of sp³-hybridized carbons (Fsp3) is 0.267. The molecule has 0 saturated heterocycles. The standard InChI is InChI=1S/C15H15BrN4O3S2/c1-15(13-17-11(16)8-24-13)9-25(22,23)20(2)14(19-15)18-12(21)10-6-4-3-5-7-10/h3-8H,9H2,1-2H3,(H,18,19,21)/t15-/m0/s1. The first-order chi connectivity index (χ1) is 11.7. The first-order valence-electron chi connectivity index (χ1n) is 7.26. The number of hydrogen-bond acceptors (Lipinski definition) is 6. The highest BCUT2D eigenvalue weighted by atomic mass is 79.9. The van der Waals surface area contributed by atoms with E-state index < -0.39 is 21.5 Å². The second-order valence-electron chi connectivity index (χ2n) is 5.73. The zero-order chi connectivity index (χ0) is 18.2. The van der Waals surface area contributed by atoms with Crippen molar-refractivity contribution in [2.75, 3.05) is 12.8 Å². The fourth-order valence-corrected chi connectivity index (χ4v) is 5.31. The van der Waals surface area contributed by atoms with E-state index in [0.29, 0.717) is 15.2 Å². The Balaban J connectivity index is 1.99. The number of rotatable bonds is 2. The van der Waals surface area contributed by atoms with E-state index in [1.807, 2.05) is 0 Å². The van der Waals surface area contributed by atoms with Crippen LogP contribution in [0.3, 0.4) is 0 Å². The zero-order valence-corrected chi connectivity index (χ0v) is 16.7. The zero-order valence-electron chi connectivity index (χ0n) is 13.4. The van der Waals surface area contributed by atoms with Crippen LogP contribution in [0, 0.1) is 0 Å². The van der Waals surface area contributed by atoms with Crippen LogP contribution in [0.4, 0.5) is 0 Å². The van der Waals surface area contributed by atoms with Crippen molar-refractivity contribution in [1.29, 1.82) is 0 Å². The number of aliphatic imine (C=N–C) groups is 1. The first-order valence-corrected chi connectivity index (χ1v) is 10.5. The van der Waals surface area contributed by atoms with E-state index in [1.54, 1.807) is 42.6 Å². The monoisotopic (exact) mass is 442 g/mol. The van der Waals surface area contributed by atoms with Crippen molar-refractivity contribution in [3.05, 3.63) is 50.9 Å². The Kier molecular flexibility index (Phi) is 4.69. The number of sulfonamides is 1. The van der Waals surface area contributed by atoms with E-state index in [2.05, 4.69) is 31.2 Å². The van der Waals surface area contributed by atoms with E-state index in [1.165, 1.54) is 18.4 Å². The van der Waals surface area contributed by atoms with E-state index >= 15 is 0 Å². The van der Waals surface area contributed by atoms with Gasteiger partial charge in [-0.1, -0.05) is 18.2 Å². The van der Waals surface area contributed by atoms with Crippen molar-refractivity contribution in [2.24, 2.45) is 4.99 Å². The molecular weight excluding hydrogens is 428 g/mol. The molecular formula is C15H15BrN4O3S2. The van der Waals surface area contributed by atoms with Crippen molar-refractivity contribution in [2.45, 2.75) is 12.5 Å². The van der Waals surface area contributed by atoms with Crippen LogP contribution in [0.25, 0.3) is 0 Å². The summed E-state index contributed by atoms with van der Waals surface area (Å²) in [5.41, 5.74) is -0.651. The summed E-state index contributed by atoms with van der Waals surface area (Å²) in [4.78, 5) is 21.2. The normalized spacial score (nSPS) is 22.4. The van der Waals surface area contributed by atoms with Crippen LogP contribution in [0.15, 0.2) is 45.3 Å². The molecule has 1 N–H and O–H groups in total. The van der Waals surface area contributed by atoms with Gasteiger partial charge in [-0.15, -0.1) is 11.3 Å². The number of nitrogens with one attached hydrogen (secondary N) is 1. The molecule has 7 nitrogen and oxygen atoms in total. The molecule has 1 aromatic carbocycles. The van der Waals surface area contributed by atoms with Gasteiger partial charge in [-0.3, -0.25) is 10.1 Å². The molecule has 0 aliphatic carbocycles. The lowest BCUT2D eigenvalue weighted by Crippen LogP contribution is -2.53. The largest absolute Gasteiger partial charge is 0.292 e. The van der Waals surface area contributed by atoms with Gasteiger partial charge in [-0.05, 0) is 35.0 Å². The summed E-state index contributed by atoms with van der Waals surface area (Å²) in [6.45, 7) is 1.69. The molecule has 1 aliphatic heterocycles. The average molecular weight is 443 g/mol. The van der Waals surface area contributed by atoms with Crippen molar-refractivity contribution in [3.63, 3.8) is 0 Å². The van der Waals surface area contributed by atoms with Crippen LogP contribution in [-0.4, -0.2) is 42.4 Å². The number of thiazole rings is 1. The molecule has 1 atom stereocenters. The summed E-state index contributed by atoms with van der Waals surface area (Å²) in [5.74, 6) is -0.666. The molecule has 132 valence electrons. The van der Waals surface area contributed by atoms with Gasteiger partial charge in [-0.2, -0.15) is 0 Å². The Hall–Kier alpha value is -1.78. The molecule has 0 unspecified atom stereocenters. The molecule has 0 radical (unpaired) electrons. The minimum atomic E-state index is -3.65. The minimum absolute atomic E-state index is 0.0195. The van der Waals surface area contributed by atoms with Crippen LogP contribution >= 0.6 is 27.3 Å². The Morgan fingerprint density at radius 3 is 2.64 bits per heavy atom. The number of aromatic nitrogens is 1. The number of carbonyl (C=O) groups is 1. The third-order valence-electron chi connectivity index (χ3n) is 3.73. The van der Waals surface area contributed by atoms with Crippen LogP contribution in [0.5, 0.6) is 0 Å². The third kappa shape index (κ3) is 3.60. The van der Waals surface area contributed by atoms with Gasteiger partial charge >= 0.3 is 0 Å². The average Bonchev–Trinajstić information content (AvgIpc) is 3.00. The summed E-state index contributed by atoms with van der Waals surface area (Å²) < 4.78 is 26.7. The Morgan fingerprint density at radius 1 is 1.36 bits per heavy atom. The molecule has 0 bridgehead atoms. The molecule has 1 aromatic heterocycles. The Morgan fingerprint density at radius 2 is 2.04 bits per heavy atom. The molecule has 0 saturated carbocycles. The summed E-state index contributed by atoms with van der Waals surface area (Å²) >= 11 is 4.58. The van der Waals surface area contributed by atoms with Gasteiger partial charge in [0, 0.05) is 18.0 Å². The van der Waals surface area contributed by atoms with Gasteiger partial charge in [-0.25, -0.2) is 22.7 Å². The number of amides is 1. The molecule has 1 amide bonds. The predicted octanol–water partition coefficient (Wildman–Crippen LogP) is 2.18. The molecule has 25 heavy (non-hydrogen) atoms. The maximum absolute atomic E-state index is 12.6. The smallest absolute Gasteiger partial charge is 0.257 e. The van der Waals surface area contributed by atoms with Gasteiger partial charge < -0.3 is 0 Å². The number of carbonyl (C=O) groups excluding carboxylic acids is 1. The highest BCUT2D eigenvalue weighted by molar-refractivity contribution is 9.10. The molecule has 3 rings (SSSR count). The second kappa shape index (κ2) is 6.50. The Bertz CT molecular complexity index is 943. The summed E-state index contributed by atoms with van der Waals surface area (Å²) in [5, 5.41) is 4.92. The van der Waals surface area contributed by atoms with Crippen LogP contribution in [0.2, 0.25) is 0 Å². The van der Waals surface area contributed by atoms with Crippen molar-refractivity contribution in [1.82, 2.24) is 14.6 Å². The highest BCUT2D eigenvalue weighted by Gasteiger charge is 2.43. The van der Waals surface area contributed by atoms with E-state index in [-0.39, 0.29) is 11.7 Å². The predicted molar refractivity (Wildman–Crippen MR) is 100 cm³/mol. The number of benzene rings is 1. The van der Waals surface area contributed by atoms with Crippen LogP contribution in [-0.2, 0) is 15.6 Å². The molecule has 2 aromatic rings. The quantitative estimate of drug-likeness (QED) is 0.771. The molecule has 2 heterocycles. The van der Waals surface area contributed by atoms with E-state index in [0.717, 1.165) is 4.31 Å². The maximum atomic E-state index is 12.6. The molecule has 0 spiro atoms. The summed E-state index contributed by atoms with van der Waals surface area (Å²) in [7, 11) is -2.27. The maximum Gasteiger partial charge on any atom is 0.257 e. The number of nitrogens with zero attached hydrogens (tertiary/aromatic N) is 3. The molecule has 1 aliphatic rings. The number of hydrogen-bond donors (Lipinski definition) is 1. The third-order valence-corrected chi connectivity index (χ3v) is 7.47. The topological polar surface area (TPSA) is 91.7 Å². The van der Waals surface area contributed by atoms with E-state index in [9.17, 15) is 13.2 Å². The van der Waals surface area contributed by atoms with Crippen LogP contribution < -0.4 is 5.32 Å². The minimum Gasteiger partial charge on any atom is -0.292 e. The van der Waals surface area contributed by atoms with Gasteiger partial charge in [0.05, 0.1) is 0 Å². The van der Waals surface area contributed by atoms with Crippen molar-refractivity contribution >= 4 is 49.2 Å². The summed E-state index contributed by atoms with van der Waals surface area (Å²) in [6.07, 6.45) is 0. The van der Waals surface area contributed by atoms with Crippen molar-refractivity contribution in [3.8, 4) is 0 Å². The molecule has 10 heteroatoms. The van der Waals surface area contributed by atoms with E-state index in [4.69, 9.17) is 0 Å². The fourth-order valence-electron chi connectivity index (χ4n) is 2.40. The number of halogens is 1. The lowest BCUT2D eigenvalue weighted by molar-refractivity contribution is 0.0974. The SMILES string of the molecule is CN1C(NC(=O)c2ccccc2)=N[C@](C)(c2nc(Br)cs2)CS1(=O)=O. The Labute approximate surface area is 158 Å². The second-order valence-corrected chi connectivity index (χ2v) is 9.40.